The summed E-state index contributed by atoms with van der Waals surface area (Å²) in [6.45, 7) is 2.44. The molecule has 4 nitrogen and oxygen atoms in total. The fourth-order valence-electron chi connectivity index (χ4n) is 2.87. The predicted octanol–water partition coefficient (Wildman–Crippen LogP) is 3.90. The van der Waals surface area contributed by atoms with E-state index in [-0.39, 0.29) is 18.2 Å². The van der Waals surface area contributed by atoms with Crippen molar-refractivity contribution in [3.63, 3.8) is 0 Å². The van der Waals surface area contributed by atoms with E-state index in [0.717, 1.165) is 31.2 Å². The van der Waals surface area contributed by atoms with Crippen LogP contribution >= 0.6 is 23.2 Å². The Morgan fingerprint density at radius 2 is 2.18 bits per heavy atom. The van der Waals surface area contributed by atoms with Gasteiger partial charge in [0.1, 0.15) is 0 Å². The van der Waals surface area contributed by atoms with E-state index in [9.17, 15) is 9.90 Å². The highest BCUT2D eigenvalue weighted by Gasteiger charge is 2.21. The third kappa shape index (κ3) is 4.77. The van der Waals surface area contributed by atoms with E-state index < -0.39 is 0 Å². The quantitative estimate of drug-likeness (QED) is 0.775. The van der Waals surface area contributed by atoms with Crippen molar-refractivity contribution in [2.45, 2.75) is 44.8 Å². The van der Waals surface area contributed by atoms with Crippen LogP contribution in [0.15, 0.2) is 18.2 Å². The van der Waals surface area contributed by atoms with Gasteiger partial charge in [-0.05, 0) is 43.7 Å². The van der Waals surface area contributed by atoms with Crippen LogP contribution in [0.2, 0.25) is 10.0 Å². The van der Waals surface area contributed by atoms with E-state index in [1.54, 1.807) is 6.07 Å². The molecule has 1 fully saturated rings. The van der Waals surface area contributed by atoms with Crippen molar-refractivity contribution in [3.05, 3.63) is 33.8 Å². The Labute approximate surface area is 141 Å². The van der Waals surface area contributed by atoms with Gasteiger partial charge in [-0.15, -0.1) is 0 Å². The van der Waals surface area contributed by atoms with Crippen molar-refractivity contribution in [2.24, 2.45) is 5.92 Å². The fourth-order valence-corrected chi connectivity index (χ4v) is 3.34. The number of amides is 2. The zero-order valence-electron chi connectivity index (χ0n) is 12.6. The summed E-state index contributed by atoms with van der Waals surface area (Å²) in [6.07, 6.45) is 3.47. The summed E-state index contributed by atoms with van der Waals surface area (Å²) in [6, 6.07) is 4.90. The molecule has 1 aliphatic rings. The highest BCUT2D eigenvalue weighted by atomic mass is 35.5. The summed E-state index contributed by atoms with van der Waals surface area (Å²) in [7, 11) is 0. The third-order valence-corrected chi connectivity index (χ3v) is 4.94. The van der Waals surface area contributed by atoms with E-state index in [4.69, 9.17) is 23.2 Å². The molecule has 2 rings (SSSR count). The zero-order valence-corrected chi connectivity index (χ0v) is 14.1. The molecule has 0 spiro atoms. The topological polar surface area (TPSA) is 61.4 Å². The van der Waals surface area contributed by atoms with Crippen LogP contribution in [-0.4, -0.2) is 23.8 Å². The molecule has 0 bridgehead atoms. The third-order valence-electron chi connectivity index (χ3n) is 4.10. The number of hydrogen-bond acceptors (Lipinski definition) is 2. The van der Waals surface area contributed by atoms with Gasteiger partial charge in [0.15, 0.2) is 0 Å². The molecule has 0 heterocycles. The van der Waals surface area contributed by atoms with Crippen LogP contribution in [0, 0.1) is 5.92 Å². The maximum atomic E-state index is 12.0. The van der Waals surface area contributed by atoms with E-state index in [2.05, 4.69) is 10.6 Å². The lowest BCUT2D eigenvalue weighted by Crippen LogP contribution is -2.40. The average molecular weight is 345 g/mol. The van der Waals surface area contributed by atoms with E-state index in [1.165, 1.54) is 0 Å². The van der Waals surface area contributed by atoms with Gasteiger partial charge in [0.05, 0.1) is 22.2 Å². The minimum atomic E-state index is -0.233. The van der Waals surface area contributed by atoms with E-state index >= 15 is 0 Å². The summed E-state index contributed by atoms with van der Waals surface area (Å²) in [5.41, 5.74) is 0.789. The van der Waals surface area contributed by atoms with Crippen molar-refractivity contribution in [2.75, 3.05) is 6.54 Å². The molecule has 1 aromatic rings. The number of aliphatic hydroxyl groups excluding tert-OH is 1. The number of aliphatic hydroxyl groups is 1. The lowest BCUT2D eigenvalue weighted by Gasteiger charge is -2.26. The Bertz CT molecular complexity index is 525. The van der Waals surface area contributed by atoms with Gasteiger partial charge >= 0.3 is 6.03 Å². The molecule has 2 amide bonds. The summed E-state index contributed by atoms with van der Waals surface area (Å²) in [4.78, 5) is 12.0. The molecule has 0 radical (unpaired) electrons. The number of benzene rings is 1. The molecular formula is C16H22Cl2N2O2. The number of rotatable bonds is 4. The van der Waals surface area contributed by atoms with Gasteiger partial charge in [-0.3, -0.25) is 0 Å². The second-order valence-electron chi connectivity index (χ2n) is 5.91. The number of carbonyl (C=O) groups is 1. The molecule has 0 aromatic heterocycles. The highest BCUT2D eigenvalue weighted by Crippen LogP contribution is 2.29. The minimum Gasteiger partial charge on any atom is -0.393 e. The second kappa shape index (κ2) is 8.04. The van der Waals surface area contributed by atoms with Crippen LogP contribution in [0.5, 0.6) is 0 Å². The van der Waals surface area contributed by atoms with Gasteiger partial charge in [-0.25, -0.2) is 4.79 Å². The molecule has 0 aliphatic heterocycles. The van der Waals surface area contributed by atoms with Crippen molar-refractivity contribution < 1.29 is 9.90 Å². The van der Waals surface area contributed by atoms with Crippen molar-refractivity contribution in [1.82, 2.24) is 10.6 Å². The maximum Gasteiger partial charge on any atom is 0.315 e. The van der Waals surface area contributed by atoms with Gasteiger partial charge in [0.25, 0.3) is 0 Å². The second-order valence-corrected chi connectivity index (χ2v) is 6.69. The van der Waals surface area contributed by atoms with Crippen molar-refractivity contribution >= 4 is 29.2 Å². The molecule has 1 aliphatic carbocycles. The Hall–Kier alpha value is -0.970. The SMILES string of the molecule is CC(NC(=O)NCC1CCCC(O)C1)c1cccc(Cl)c1Cl. The van der Waals surface area contributed by atoms with Crippen LogP contribution in [0.4, 0.5) is 4.79 Å². The lowest BCUT2D eigenvalue weighted by atomic mass is 9.87. The number of hydrogen-bond donors (Lipinski definition) is 3. The largest absolute Gasteiger partial charge is 0.393 e. The summed E-state index contributed by atoms with van der Waals surface area (Å²) in [5.74, 6) is 0.347. The summed E-state index contributed by atoms with van der Waals surface area (Å²) < 4.78 is 0. The molecule has 6 heteroatoms. The van der Waals surface area contributed by atoms with Gasteiger partial charge in [-0.1, -0.05) is 41.8 Å². The van der Waals surface area contributed by atoms with E-state index in [0.29, 0.717) is 22.5 Å². The smallest absolute Gasteiger partial charge is 0.315 e. The van der Waals surface area contributed by atoms with Crippen LogP contribution in [0.1, 0.15) is 44.2 Å². The monoisotopic (exact) mass is 344 g/mol. The molecule has 1 saturated carbocycles. The van der Waals surface area contributed by atoms with Gasteiger partial charge in [0.2, 0.25) is 0 Å². The van der Waals surface area contributed by atoms with Crippen LogP contribution in [0.25, 0.3) is 0 Å². The first-order valence-corrected chi connectivity index (χ1v) is 8.39. The predicted molar refractivity (Wildman–Crippen MR) is 89.4 cm³/mol. The number of urea groups is 1. The van der Waals surface area contributed by atoms with Crippen LogP contribution in [-0.2, 0) is 0 Å². The summed E-state index contributed by atoms with van der Waals surface area (Å²) >= 11 is 12.1. The molecular weight excluding hydrogens is 323 g/mol. The standard InChI is InChI=1S/C16H22Cl2N2O2/c1-10(13-6-3-7-14(17)15(13)18)20-16(22)19-9-11-4-2-5-12(21)8-11/h3,6-7,10-12,21H,2,4-5,8-9H2,1H3,(H2,19,20,22). The summed E-state index contributed by atoms with van der Waals surface area (Å²) in [5, 5.41) is 16.3. The zero-order chi connectivity index (χ0) is 16.1. The molecule has 0 saturated heterocycles. The molecule has 1 aromatic carbocycles. The fraction of sp³-hybridized carbons (Fsp3) is 0.562. The normalized spacial score (nSPS) is 22.9. The molecule has 3 unspecified atom stereocenters. The van der Waals surface area contributed by atoms with E-state index in [1.807, 2.05) is 19.1 Å². The minimum absolute atomic E-state index is 0.229. The van der Waals surface area contributed by atoms with Gasteiger partial charge in [-0.2, -0.15) is 0 Å². The molecule has 22 heavy (non-hydrogen) atoms. The molecule has 3 atom stereocenters. The van der Waals surface area contributed by atoms with Crippen molar-refractivity contribution in [1.29, 1.82) is 0 Å². The van der Waals surface area contributed by atoms with Crippen LogP contribution in [0.3, 0.4) is 0 Å². The van der Waals surface area contributed by atoms with Crippen LogP contribution < -0.4 is 10.6 Å². The number of nitrogens with one attached hydrogen (secondary N) is 2. The first-order valence-electron chi connectivity index (χ1n) is 7.63. The average Bonchev–Trinajstić information content (AvgIpc) is 2.48. The highest BCUT2D eigenvalue weighted by molar-refractivity contribution is 6.42. The van der Waals surface area contributed by atoms with Crippen molar-refractivity contribution in [3.8, 4) is 0 Å². The Kier molecular flexibility index (Phi) is 6.36. The maximum absolute atomic E-state index is 12.0. The lowest BCUT2D eigenvalue weighted by molar-refractivity contribution is 0.101. The molecule has 122 valence electrons. The molecule has 3 N–H and O–H groups in total. The first-order chi connectivity index (χ1) is 10.5. The van der Waals surface area contributed by atoms with Gasteiger partial charge < -0.3 is 15.7 Å². The number of halogens is 2. The Balaban J connectivity index is 1.82. The first kappa shape index (κ1) is 17.4. The Morgan fingerprint density at radius 1 is 1.41 bits per heavy atom. The number of carbonyl (C=O) groups excluding carboxylic acids is 1. The Morgan fingerprint density at radius 3 is 2.91 bits per heavy atom. The van der Waals surface area contributed by atoms with Gasteiger partial charge in [0, 0.05) is 6.54 Å².